The van der Waals surface area contributed by atoms with Gasteiger partial charge in [0.05, 0.1) is 18.1 Å². The Morgan fingerprint density at radius 3 is 2.75 bits per heavy atom. The monoisotopic (exact) mass is 275 g/mol. The predicted octanol–water partition coefficient (Wildman–Crippen LogP) is 1.12. The van der Waals surface area contributed by atoms with E-state index in [1.54, 1.807) is 0 Å². The lowest BCUT2D eigenvalue weighted by molar-refractivity contribution is 0.395. The molecule has 1 saturated heterocycles. The Hall–Kier alpha value is -1.20. The molecule has 5 heteroatoms. The summed E-state index contributed by atoms with van der Waals surface area (Å²) in [6.07, 6.45) is 7.72. The average Bonchev–Trinajstić information content (AvgIpc) is 3.20. The highest BCUT2D eigenvalue weighted by atomic mass is 15.2. The molecule has 1 atom stereocenters. The average molecular weight is 275 g/mol. The summed E-state index contributed by atoms with van der Waals surface area (Å²) in [5, 5.41) is 3.46. The number of nitrogens with one attached hydrogen (secondary N) is 1. The topological polar surface area (TPSA) is 44.3 Å². The Morgan fingerprint density at radius 1 is 1.30 bits per heavy atom. The molecule has 3 rings (SSSR count). The SMILES string of the molecule is CN1CCC(CN(C)c2cnc(CNC3CC3)cn2)C1. The lowest BCUT2D eigenvalue weighted by atomic mass is 10.1. The van der Waals surface area contributed by atoms with Crippen molar-refractivity contribution in [3.05, 3.63) is 18.1 Å². The van der Waals surface area contributed by atoms with Gasteiger partial charge in [-0.3, -0.25) is 4.98 Å². The van der Waals surface area contributed by atoms with Gasteiger partial charge in [0.15, 0.2) is 0 Å². The fourth-order valence-electron chi connectivity index (χ4n) is 2.83. The van der Waals surface area contributed by atoms with Crippen LogP contribution in [0.2, 0.25) is 0 Å². The number of aromatic nitrogens is 2. The third kappa shape index (κ3) is 3.67. The molecule has 1 aliphatic heterocycles. The van der Waals surface area contributed by atoms with Crippen molar-refractivity contribution in [3.8, 4) is 0 Å². The molecule has 1 N–H and O–H groups in total. The summed E-state index contributed by atoms with van der Waals surface area (Å²) in [6.45, 7) is 4.32. The first-order chi connectivity index (χ1) is 9.70. The van der Waals surface area contributed by atoms with E-state index in [1.165, 1.54) is 32.4 Å². The highest BCUT2D eigenvalue weighted by Crippen LogP contribution is 2.19. The second-order valence-corrected chi connectivity index (χ2v) is 6.32. The molecule has 20 heavy (non-hydrogen) atoms. The normalized spacial score (nSPS) is 23.2. The molecular weight excluding hydrogens is 250 g/mol. The summed E-state index contributed by atoms with van der Waals surface area (Å²) in [4.78, 5) is 13.7. The smallest absolute Gasteiger partial charge is 0.146 e. The van der Waals surface area contributed by atoms with Gasteiger partial charge in [0.2, 0.25) is 0 Å². The molecule has 110 valence electrons. The van der Waals surface area contributed by atoms with Gasteiger partial charge in [0, 0.05) is 32.7 Å². The maximum Gasteiger partial charge on any atom is 0.146 e. The van der Waals surface area contributed by atoms with E-state index in [9.17, 15) is 0 Å². The number of nitrogens with zero attached hydrogens (tertiary/aromatic N) is 4. The van der Waals surface area contributed by atoms with Crippen LogP contribution < -0.4 is 10.2 Å². The predicted molar refractivity (Wildman–Crippen MR) is 80.8 cm³/mol. The first kappa shape index (κ1) is 13.8. The molecule has 1 saturated carbocycles. The molecule has 1 aliphatic carbocycles. The molecule has 0 radical (unpaired) electrons. The third-order valence-electron chi connectivity index (χ3n) is 4.25. The van der Waals surface area contributed by atoms with Crippen molar-refractivity contribution in [2.45, 2.75) is 31.8 Å². The van der Waals surface area contributed by atoms with Crippen LogP contribution in [0.1, 0.15) is 25.0 Å². The van der Waals surface area contributed by atoms with E-state index in [4.69, 9.17) is 0 Å². The van der Waals surface area contributed by atoms with Crippen LogP contribution in [0.3, 0.4) is 0 Å². The Balaban J connectivity index is 1.50. The standard InChI is InChI=1S/C15H25N5/c1-19-6-5-12(10-19)11-20(2)15-9-17-14(8-18-15)7-16-13-3-4-13/h8-9,12-13,16H,3-7,10-11H2,1-2H3. The first-order valence-corrected chi connectivity index (χ1v) is 7.64. The van der Waals surface area contributed by atoms with Crippen LogP contribution in [0, 0.1) is 5.92 Å². The van der Waals surface area contributed by atoms with E-state index in [1.807, 2.05) is 12.4 Å². The van der Waals surface area contributed by atoms with Crippen LogP contribution in [-0.2, 0) is 6.54 Å². The van der Waals surface area contributed by atoms with Crippen molar-refractivity contribution >= 4 is 5.82 Å². The summed E-state index contributed by atoms with van der Waals surface area (Å²) in [6, 6.07) is 0.721. The van der Waals surface area contributed by atoms with E-state index >= 15 is 0 Å². The van der Waals surface area contributed by atoms with Gasteiger partial charge < -0.3 is 15.1 Å². The molecule has 1 unspecified atom stereocenters. The van der Waals surface area contributed by atoms with Gasteiger partial charge in [-0.15, -0.1) is 0 Å². The third-order valence-corrected chi connectivity index (χ3v) is 4.25. The number of rotatable bonds is 6. The van der Waals surface area contributed by atoms with Gasteiger partial charge in [0.25, 0.3) is 0 Å². The van der Waals surface area contributed by atoms with Crippen LogP contribution in [0.5, 0.6) is 0 Å². The maximum atomic E-state index is 4.55. The van der Waals surface area contributed by atoms with Crippen molar-refractivity contribution in [1.29, 1.82) is 0 Å². The zero-order chi connectivity index (χ0) is 13.9. The van der Waals surface area contributed by atoms with Gasteiger partial charge >= 0.3 is 0 Å². The largest absolute Gasteiger partial charge is 0.358 e. The molecule has 0 amide bonds. The van der Waals surface area contributed by atoms with E-state index in [-0.39, 0.29) is 0 Å². The van der Waals surface area contributed by atoms with Crippen LogP contribution >= 0.6 is 0 Å². The second kappa shape index (κ2) is 6.06. The van der Waals surface area contributed by atoms with E-state index in [0.717, 1.165) is 36.6 Å². The van der Waals surface area contributed by atoms with Crippen LogP contribution in [0.25, 0.3) is 0 Å². The summed E-state index contributed by atoms with van der Waals surface area (Å²) in [5.74, 6) is 1.73. The van der Waals surface area contributed by atoms with Gasteiger partial charge in [-0.1, -0.05) is 0 Å². The van der Waals surface area contributed by atoms with Crippen molar-refractivity contribution in [3.63, 3.8) is 0 Å². The lowest BCUT2D eigenvalue weighted by Gasteiger charge is -2.21. The molecule has 2 fully saturated rings. The number of likely N-dealkylation sites (tertiary alicyclic amines) is 1. The van der Waals surface area contributed by atoms with Crippen LogP contribution in [-0.4, -0.2) is 54.6 Å². The summed E-state index contributed by atoms with van der Waals surface area (Å²) < 4.78 is 0. The van der Waals surface area contributed by atoms with E-state index in [2.05, 4.69) is 39.2 Å². The molecular formula is C15H25N5. The van der Waals surface area contributed by atoms with Crippen LogP contribution in [0.4, 0.5) is 5.82 Å². The molecule has 2 heterocycles. The molecule has 5 nitrogen and oxygen atoms in total. The molecule has 1 aromatic heterocycles. The van der Waals surface area contributed by atoms with Crippen molar-refractivity contribution in [1.82, 2.24) is 20.2 Å². The number of hydrogen-bond donors (Lipinski definition) is 1. The summed E-state index contributed by atoms with van der Waals surface area (Å²) in [5.41, 5.74) is 1.04. The molecule has 0 aromatic carbocycles. The van der Waals surface area contributed by atoms with E-state index in [0.29, 0.717) is 0 Å². The quantitative estimate of drug-likeness (QED) is 0.843. The zero-order valence-corrected chi connectivity index (χ0v) is 12.5. The minimum absolute atomic E-state index is 0.721. The Labute approximate surface area is 121 Å². The molecule has 2 aliphatic rings. The minimum atomic E-state index is 0.721. The highest BCUT2D eigenvalue weighted by Gasteiger charge is 2.22. The van der Waals surface area contributed by atoms with Crippen LogP contribution in [0.15, 0.2) is 12.4 Å². The highest BCUT2D eigenvalue weighted by molar-refractivity contribution is 5.34. The second-order valence-electron chi connectivity index (χ2n) is 6.32. The fourth-order valence-corrected chi connectivity index (χ4v) is 2.83. The van der Waals surface area contributed by atoms with Gasteiger partial charge in [-0.25, -0.2) is 4.98 Å². The molecule has 0 bridgehead atoms. The Kier molecular flexibility index (Phi) is 4.17. The molecule has 1 aromatic rings. The number of hydrogen-bond acceptors (Lipinski definition) is 5. The Bertz CT molecular complexity index is 428. The van der Waals surface area contributed by atoms with Crippen molar-refractivity contribution in [2.75, 3.05) is 38.6 Å². The van der Waals surface area contributed by atoms with Gasteiger partial charge in [-0.05, 0) is 38.8 Å². The fraction of sp³-hybridized carbons (Fsp3) is 0.733. The maximum absolute atomic E-state index is 4.55. The Morgan fingerprint density at radius 2 is 2.15 bits per heavy atom. The summed E-state index contributed by atoms with van der Waals surface area (Å²) >= 11 is 0. The van der Waals surface area contributed by atoms with Gasteiger partial charge in [0.1, 0.15) is 5.82 Å². The van der Waals surface area contributed by atoms with Crippen molar-refractivity contribution in [2.24, 2.45) is 5.92 Å². The zero-order valence-electron chi connectivity index (χ0n) is 12.5. The molecule has 0 spiro atoms. The first-order valence-electron chi connectivity index (χ1n) is 7.64. The van der Waals surface area contributed by atoms with E-state index < -0.39 is 0 Å². The summed E-state index contributed by atoms with van der Waals surface area (Å²) in [7, 11) is 4.31. The number of anilines is 1. The van der Waals surface area contributed by atoms with Gasteiger partial charge in [-0.2, -0.15) is 0 Å². The minimum Gasteiger partial charge on any atom is -0.358 e. The lowest BCUT2D eigenvalue weighted by Crippen LogP contribution is -2.28. The van der Waals surface area contributed by atoms with Crippen molar-refractivity contribution < 1.29 is 0 Å².